The number of benzene rings is 1. The smallest absolute Gasteiger partial charge is 0.246 e. The average molecular weight is 448 g/mol. The lowest BCUT2D eigenvalue weighted by Crippen LogP contribution is -2.28. The zero-order valence-corrected chi connectivity index (χ0v) is 18.1. The second-order valence-corrected chi connectivity index (χ2v) is 9.31. The van der Waals surface area contributed by atoms with Gasteiger partial charge in [0, 0.05) is 13.1 Å². The summed E-state index contributed by atoms with van der Waals surface area (Å²) in [6.45, 7) is 4.76. The van der Waals surface area contributed by atoms with E-state index >= 15 is 0 Å². The second-order valence-electron chi connectivity index (χ2n) is 7.40. The molecule has 166 valence electrons. The first-order valence-electron chi connectivity index (χ1n) is 10.1. The molecule has 2 aromatic heterocycles. The van der Waals surface area contributed by atoms with E-state index in [1.54, 1.807) is 12.1 Å². The molecule has 0 aliphatic carbocycles. The highest BCUT2D eigenvalue weighted by Crippen LogP contribution is 2.37. The van der Waals surface area contributed by atoms with Crippen LogP contribution in [-0.2, 0) is 10.0 Å². The van der Waals surface area contributed by atoms with Crippen LogP contribution in [0.3, 0.4) is 0 Å². The number of rotatable bonds is 8. The lowest BCUT2D eigenvalue weighted by molar-refractivity contribution is 0.310. The number of sulfonamides is 1. The van der Waals surface area contributed by atoms with Crippen LogP contribution in [0.1, 0.15) is 43.7 Å². The summed E-state index contributed by atoms with van der Waals surface area (Å²) in [7, 11) is -3.78. The number of aromatic nitrogens is 2. The van der Waals surface area contributed by atoms with Crippen molar-refractivity contribution < 1.29 is 22.6 Å². The molecule has 0 bridgehead atoms. The molecule has 1 aromatic carbocycles. The Balaban J connectivity index is 1.58. The maximum atomic E-state index is 12.9. The minimum atomic E-state index is -3.78. The van der Waals surface area contributed by atoms with E-state index in [-0.39, 0.29) is 28.2 Å². The molecule has 3 heterocycles. The Morgan fingerprint density at radius 3 is 2.58 bits per heavy atom. The normalized spacial score (nSPS) is 15.8. The van der Waals surface area contributed by atoms with Gasteiger partial charge in [0.1, 0.15) is 16.4 Å². The number of furan rings is 1. The molecule has 1 aliphatic rings. The molecule has 31 heavy (non-hydrogen) atoms. The first kappa shape index (κ1) is 21.2. The predicted octanol–water partition coefficient (Wildman–Crippen LogP) is 3.77. The zero-order chi connectivity index (χ0) is 22.0. The number of hydrogen-bond donors (Lipinski definition) is 3. The first-order valence-corrected chi connectivity index (χ1v) is 11.6. The van der Waals surface area contributed by atoms with Crippen molar-refractivity contribution in [3.8, 4) is 5.75 Å². The highest BCUT2D eigenvalue weighted by Gasteiger charge is 2.30. The monoisotopic (exact) mass is 447 g/mol. The molecule has 1 atom stereocenters. The Kier molecular flexibility index (Phi) is 5.88. The van der Waals surface area contributed by atoms with E-state index < -0.39 is 10.0 Å². The molecule has 1 aliphatic heterocycles. The third-order valence-electron chi connectivity index (χ3n) is 5.25. The Morgan fingerprint density at radius 1 is 1.16 bits per heavy atom. The zero-order valence-electron chi connectivity index (χ0n) is 17.3. The fraction of sp³-hybridized carbons (Fsp3) is 0.400. The van der Waals surface area contributed by atoms with Crippen LogP contribution >= 0.6 is 0 Å². The summed E-state index contributed by atoms with van der Waals surface area (Å²) in [5, 5.41) is 24.6. The molecule has 1 fully saturated rings. The lowest BCUT2D eigenvalue weighted by atomic mass is 10.2. The van der Waals surface area contributed by atoms with E-state index in [0.29, 0.717) is 25.3 Å². The highest BCUT2D eigenvalue weighted by molar-refractivity contribution is 7.89. The van der Waals surface area contributed by atoms with Gasteiger partial charge in [-0.25, -0.2) is 13.0 Å². The number of nitrogens with one attached hydrogen (secondary N) is 2. The quantitative estimate of drug-likeness (QED) is 0.441. The van der Waals surface area contributed by atoms with Crippen molar-refractivity contribution in [1.82, 2.24) is 14.6 Å². The molecule has 0 unspecified atom stereocenters. The molecule has 0 amide bonds. The van der Waals surface area contributed by atoms with Gasteiger partial charge in [-0.1, -0.05) is 13.0 Å². The molecular formula is C20H25N5O5S. The summed E-state index contributed by atoms with van der Waals surface area (Å²) in [6.07, 6.45) is 2.34. The molecule has 1 saturated heterocycles. The molecule has 0 radical (unpaired) electrons. The lowest BCUT2D eigenvalue weighted by Gasteiger charge is -2.18. The number of anilines is 3. The Bertz CT molecular complexity index is 1150. The summed E-state index contributed by atoms with van der Waals surface area (Å²) in [4.78, 5) is -0.150. The van der Waals surface area contributed by atoms with Crippen LogP contribution in [-0.4, -0.2) is 41.2 Å². The third-order valence-corrected chi connectivity index (χ3v) is 7.18. The minimum absolute atomic E-state index is 0.150. The third kappa shape index (κ3) is 4.23. The van der Waals surface area contributed by atoms with Gasteiger partial charge in [0.05, 0.1) is 11.7 Å². The number of hydrogen-bond acceptors (Lipinski definition) is 9. The van der Waals surface area contributed by atoms with E-state index in [4.69, 9.17) is 9.05 Å². The van der Waals surface area contributed by atoms with E-state index in [1.165, 1.54) is 10.4 Å². The van der Waals surface area contributed by atoms with Crippen LogP contribution < -0.4 is 10.6 Å². The van der Waals surface area contributed by atoms with Crippen LogP contribution in [0, 0.1) is 6.92 Å². The van der Waals surface area contributed by atoms with Crippen LogP contribution in [0.5, 0.6) is 5.75 Å². The molecular weight excluding hydrogens is 422 g/mol. The van der Waals surface area contributed by atoms with Crippen molar-refractivity contribution >= 4 is 27.3 Å². The van der Waals surface area contributed by atoms with Crippen molar-refractivity contribution in [3.63, 3.8) is 0 Å². The summed E-state index contributed by atoms with van der Waals surface area (Å²) >= 11 is 0. The standard InChI is InChI=1S/C20H25N5O5S/c1-3-14(16-10-9-13(2)29-16)21-19-20(24-30-23-19)22-15-7-6-8-17(18(15)26)31(27,28)25-11-4-5-12-25/h6-10,14,26H,3-5,11-12H2,1-2H3,(H,21,23)(H,22,24)/t14-/m1/s1. The minimum Gasteiger partial charge on any atom is -0.504 e. The van der Waals surface area contributed by atoms with Gasteiger partial charge >= 0.3 is 0 Å². The number of phenolic OH excluding ortho intramolecular Hbond substituents is 1. The molecule has 11 heteroatoms. The Hall–Kier alpha value is -3.05. The van der Waals surface area contributed by atoms with E-state index in [1.807, 2.05) is 26.0 Å². The second kappa shape index (κ2) is 8.60. The number of para-hydroxylation sites is 1. The number of aryl methyl sites for hydroxylation is 1. The number of aromatic hydroxyl groups is 1. The van der Waals surface area contributed by atoms with Crippen molar-refractivity contribution in [1.29, 1.82) is 0 Å². The largest absolute Gasteiger partial charge is 0.504 e. The Morgan fingerprint density at radius 2 is 1.90 bits per heavy atom. The number of nitrogens with zero attached hydrogens (tertiary/aromatic N) is 3. The van der Waals surface area contributed by atoms with Crippen LogP contribution in [0.15, 0.2) is 44.3 Å². The van der Waals surface area contributed by atoms with E-state index in [0.717, 1.165) is 24.4 Å². The van der Waals surface area contributed by atoms with Crippen molar-refractivity contribution in [2.24, 2.45) is 0 Å². The summed E-state index contributed by atoms with van der Waals surface area (Å²) < 4.78 is 37.7. The van der Waals surface area contributed by atoms with Crippen molar-refractivity contribution in [2.75, 3.05) is 23.7 Å². The summed E-state index contributed by atoms with van der Waals surface area (Å²) in [5.41, 5.74) is 0.181. The van der Waals surface area contributed by atoms with Gasteiger partial charge in [-0.15, -0.1) is 0 Å². The van der Waals surface area contributed by atoms with E-state index in [9.17, 15) is 13.5 Å². The van der Waals surface area contributed by atoms with E-state index in [2.05, 4.69) is 20.9 Å². The van der Waals surface area contributed by atoms with Crippen LogP contribution in [0.2, 0.25) is 0 Å². The van der Waals surface area contributed by atoms with Gasteiger partial charge in [-0.2, -0.15) is 4.31 Å². The Labute approximate surface area is 180 Å². The van der Waals surface area contributed by atoms with Crippen molar-refractivity contribution in [3.05, 3.63) is 41.9 Å². The molecule has 3 aromatic rings. The van der Waals surface area contributed by atoms with Gasteiger partial charge in [-0.05, 0) is 60.8 Å². The average Bonchev–Trinajstić information content (AvgIpc) is 3.50. The van der Waals surface area contributed by atoms with Crippen molar-refractivity contribution in [2.45, 2.75) is 44.0 Å². The molecule has 10 nitrogen and oxygen atoms in total. The van der Waals surface area contributed by atoms with Crippen LogP contribution in [0.25, 0.3) is 0 Å². The maximum Gasteiger partial charge on any atom is 0.246 e. The summed E-state index contributed by atoms with van der Waals surface area (Å²) in [5.74, 6) is 1.70. The molecule has 4 rings (SSSR count). The molecule has 0 saturated carbocycles. The molecule has 3 N–H and O–H groups in total. The first-order chi connectivity index (χ1) is 14.9. The highest BCUT2D eigenvalue weighted by atomic mass is 32.2. The fourth-order valence-corrected chi connectivity index (χ4v) is 5.19. The van der Waals surface area contributed by atoms with Gasteiger partial charge in [0.25, 0.3) is 0 Å². The van der Waals surface area contributed by atoms with Crippen LogP contribution in [0.4, 0.5) is 17.3 Å². The molecule has 0 spiro atoms. The maximum absolute atomic E-state index is 12.9. The SMILES string of the molecule is CC[C@@H](Nc1nonc1Nc1cccc(S(=O)(=O)N2CCCC2)c1O)c1ccc(C)o1. The van der Waals surface area contributed by atoms with Gasteiger partial charge < -0.3 is 20.2 Å². The number of phenols is 1. The predicted molar refractivity (Wildman–Crippen MR) is 114 cm³/mol. The van der Waals surface area contributed by atoms with Gasteiger partial charge in [-0.3, -0.25) is 0 Å². The van der Waals surface area contributed by atoms with Gasteiger partial charge in [0.15, 0.2) is 5.75 Å². The van der Waals surface area contributed by atoms with Gasteiger partial charge in [0.2, 0.25) is 21.7 Å². The summed E-state index contributed by atoms with van der Waals surface area (Å²) in [6, 6.07) is 8.10. The fourth-order valence-electron chi connectivity index (χ4n) is 3.57. The topological polar surface area (TPSA) is 134 Å².